The molecule has 0 atom stereocenters. The van der Waals surface area contributed by atoms with E-state index in [1.807, 2.05) is 20.8 Å². The fourth-order valence-electron chi connectivity index (χ4n) is 1.48. The molecule has 1 aromatic heterocycles. The van der Waals surface area contributed by atoms with Gasteiger partial charge in [-0.15, -0.1) is 0 Å². The van der Waals surface area contributed by atoms with Gasteiger partial charge >= 0.3 is 5.97 Å². The zero-order chi connectivity index (χ0) is 15.5. The first kappa shape index (κ1) is 16.8. The van der Waals surface area contributed by atoms with Gasteiger partial charge in [-0.2, -0.15) is 0 Å². The van der Waals surface area contributed by atoms with Crippen LogP contribution in [-0.2, 0) is 16.1 Å². The van der Waals surface area contributed by atoms with Gasteiger partial charge < -0.3 is 14.1 Å². The normalized spacial score (nSPS) is 11.6. The van der Waals surface area contributed by atoms with Gasteiger partial charge in [0.25, 0.3) is 5.91 Å². The predicted molar refractivity (Wildman–Crippen MR) is 73.6 cm³/mol. The quantitative estimate of drug-likeness (QED) is 0.628. The average molecular weight is 323 g/mol. The highest BCUT2D eigenvalue weighted by Crippen LogP contribution is 2.21. The van der Waals surface area contributed by atoms with Crippen LogP contribution in [0.1, 0.15) is 37.2 Å². The Morgan fingerprint density at radius 1 is 1.45 bits per heavy atom. The van der Waals surface area contributed by atoms with Crippen LogP contribution in [0.5, 0.6) is 0 Å². The van der Waals surface area contributed by atoms with E-state index in [0.29, 0.717) is 0 Å². The number of rotatable bonds is 4. The molecule has 112 valence electrons. The first-order chi connectivity index (χ1) is 9.16. The van der Waals surface area contributed by atoms with E-state index >= 15 is 0 Å². The molecular weight excluding hydrogens is 307 g/mol. The second-order valence-electron chi connectivity index (χ2n) is 5.01. The number of alkyl halides is 2. The van der Waals surface area contributed by atoms with Crippen molar-refractivity contribution in [3.63, 3.8) is 0 Å². The maximum absolute atomic E-state index is 12.0. The maximum Gasteiger partial charge on any atom is 0.360 e. The van der Waals surface area contributed by atoms with Crippen molar-refractivity contribution in [2.24, 2.45) is 0 Å². The number of oxazole rings is 1. The topological polar surface area (TPSA) is 72.6 Å². The summed E-state index contributed by atoms with van der Waals surface area (Å²) >= 11 is 11.2. The number of nitrogens with zero attached hydrogens (tertiary/aromatic N) is 2. The van der Waals surface area contributed by atoms with Gasteiger partial charge in [0.15, 0.2) is 10.5 Å². The highest BCUT2D eigenvalue weighted by atomic mass is 35.5. The van der Waals surface area contributed by atoms with Crippen LogP contribution in [0.3, 0.4) is 0 Å². The number of hydrogen-bond acceptors (Lipinski definition) is 5. The molecule has 0 unspecified atom stereocenters. The molecular formula is C12H16Cl2N2O4. The lowest BCUT2D eigenvalue weighted by Gasteiger charge is -2.35. The number of hydrogen-bond donors (Lipinski definition) is 0. The summed E-state index contributed by atoms with van der Waals surface area (Å²) in [6.07, 6.45) is 1.17. The smallest absolute Gasteiger partial charge is 0.360 e. The van der Waals surface area contributed by atoms with Gasteiger partial charge in [0, 0.05) is 5.54 Å². The molecule has 0 radical (unpaired) electrons. The Labute approximate surface area is 127 Å². The monoisotopic (exact) mass is 322 g/mol. The molecule has 0 aliphatic rings. The molecule has 1 aromatic rings. The number of carbonyl (C=O) groups excluding carboxylic acids is 2. The molecule has 0 saturated carbocycles. The Morgan fingerprint density at radius 3 is 2.50 bits per heavy atom. The molecule has 1 heterocycles. The van der Waals surface area contributed by atoms with Crippen LogP contribution < -0.4 is 0 Å². The van der Waals surface area contributed by atoms with E-state index < -0.39 is 22.3 Å². The van der Waals surface area contributed by atoms with Crippen LogP contribution >= 0.6 is 23.2 Å². The van der Waals surface area contributed by atoms with Gasteiger partial charge in [-0.25, -0.2) is 9.78 Å². The fraction of sp³-hybridized carbons (Fsp3) is 0.583. The molecule has 0 saturated heterocycles. The highest BCUT2D eigenvalue weighted by Gasteiger charge is 2.31. The zero-order valence-electron chi connectivity index (χ0n) is 11.6. The molecule has 0 bridgehead atoms. The van der Waals surface area contributed by atoms with Gasteiger partial charge in [-0.05, 0) is 20.8 Å². The van der Waals surface area contributed by atoms with Crippen molar-refractivity contribution >= 4 is 35.1 Å². The lowest BCUT2D eigenvalue weighted by atomic mass is 10.1. The van der Waals surface area contributed by atoms with Crippen LogP contribution in [0.25, 0.3) is 0 Å². The summed E-state index contributed by atoms with van der Waals surface area (Å²) in [6.45, 7) is 5.52. The lowest BCUT2D eigenvalue weighted by molar-refractivity contribution is -0.135. The Balaban J connectivity index is 2.94. The number of esters is 1. The van der Waals surface area contributed by atoms with E-state index in [0.717, 1.165) is 0 Å². The SMILES string of the molecule is COC(=O)c1coc(CN(C(=O)C(Cl)Cl)C(C)(C)C)n1. The van der Waals surface area contributed by atoms with E-state index in [4.69, 9.17) is 27.6 Å². The molecule has 8 heteroatoms. The molecule has 0 N–H and O–H groups in total. The van der Waals surface area contributed by atoms with Gasteiger partial charge in [0.05, 0.1) is 13.7 Å². The zero-order valence-corrected chi connectivity index (χ0v) is 13.2. The van der Waals surface area contributed by atoms with Crippen LogP contribution in [0.15, 0.2) is 10.7 Å². The Morgan fingerprint density at radius 2 is 2.05 bits per heavy atom. The fourth-order valence-corrected chi connectivity index (χ4v) is 1.72. The van der Waals surface area contributed by atoms with Gasteiger partial charge in [0.2, 0.25) is 5.89 Å². The first-order valence-corrected chi connectivity index (χ1v) is 6.66. The van der Waals surface area contributed by atoms with E-state index in [9.17, 15) is 9.59 Å². The summed E-state index contributed by atoms with van der Waals surface area (Å²) in [5.74, 6) is -0.873. The summed E-state index contributed by atoms with van der Waals surface area (Å²) in [5.41, 5.74) is -0.490. The lowest BCUT2D eigenvalue weighted by Crippen LogP contribution is -2.47. The third kappa shape index (κ3) is 4.11. The summed E-state index contributed by atoms with van der Waals surface area (Å²) in [4.78, 5) is 27.5. The van der Waals surface area contributed by atoms with E-state index in [1.165, 1.54) is 18.3 Å². The third-order valence-electron chi connectivity index (χ3n) is 2.50. The molecule has 0 aliphatic carbocycles. The average Bonchev–Trinajstić information content (AvgIpc) is 2.81. The number of amides is 1. The Hall–Kier alpha value is -1.27. The summed E-state index contributed by atoms with van der Waals surface area (Å²) < 4.78 is 9.67. The van der Waals surface area contributed by atoms with Crippen LogP contribution in [-0.4, -0.2) is 39.2 Å². The minimum atomic E-state index is -1.18. The van der Waals surface area contributed by atoms with Crippen molar-refractivity contribution in [3.8, 4) is 0 Å². The van der Waals surface area contributed by atoms with Crippen molar-refractivity contribution in [1.82, 2.24) is 9.88 Å². The molecule has 0 aromatic carbocycles. The third-order valence-corrected chi connectivity index (χ3v) is 2.88. The van der Waals surface area contributed by atoms with Gasteiger partial charge in [0.1, 0.15) is 6.26 Å². The molecule has 6 nitrogen and oxygen atoms in total. The number of methoxy groups -OCH3 is 1. The van der Waals surface area contributed by atoms with Crippen LogP contribution in [0, 0.1) is 0 Å². The summed E-state index contributed by atoms with van der Waals surface area (Å²) in [6, 6.07) is 0. The van der Waals surface area contributed by atoms with E-state index in [2.05, 4.69) is 9.72 Å². The van der Waals surface area contributed by atoms with Gasteiger partial charge in [-0.1, -0.05) is 23.2 Å². The van der Waals surface area contributed by atoms with Crippen molar-refractivity contribution in [2.45, 2.75) is 37.7 Å². The Bertz CT molecular complexity index is 494. The van der Waals surface area contributed by atoms with Crippen molar-refractivity contribution in [1.29, 1.82) is 0 Å². The summed E-state index contributed by atoms with van der Waals surface area (Å²) in [7, 11) is 1.24. The highest BCUT2D eigenvalue weighted by molar-refractivity contribution is 6.53. The number of ether oxygens (including phenoxy) is 1. The second-order valence-corrected chi connectivity index (χ2v) is 6.11. The Kier molecular flexibility index (Phi) is 5.42. The molecule has 20 heavy (non-hydrogen) atoms. The molecule has 1 amide bonds. The minimum absolute atomic E-state index is 0.0390. The number of aromatic nitrogens is 1. The number of halogens is 2. The molecule has 1 rings (SSSR count). The standard InChI is InChI=1S/C12H16Cl2N2O4/c1-12(2,3)16(10(17)9(13)14)5-8-15-7(6-20-8)11(18)19-4/h6,9H,5H2,1-4H3. The summed E-state index contributed by atoms with van der Waals surface area (Å²) in [5, 5.41) is 0. The van der Waals surface area contributed by atoms with E-state index in [1.54, 1.807) is 0 Å². The van der Waals surface area contributed by atoms with Crippen molar-refractivity contribution in [3.05, 3.63) is 17.8 Å². The minimum Gasteiger partial charge on any atom is -0.464 e. The van der Waals surface area contributed by atoms with E-state index in [-0.39, 0.29) is 18.1 Å². The van der Waals surface area contributed by atoms with Crippen LogP contribution in [0.2, 0.25) is 0 Å². The molecule has 0 spiro atoms. The van der Waals surface area contributed by atoms with Crippen LogP contribution in [0.4, 0.5) is 0 Å². The molecule has 0 aliphatic heterocycles. The molecule has 0 fully saturated rings. The maximum atomic E-state index is 12.0. The first-order valence-electron chi connectivity index (χ1n) is 5.79. The van der Waals surface area contributed by atoms with Crippen molar-refractivity contribution < 1.29 is 18.7 Å². The predicted octanol–water partition coefficient (Wildman–Crippen LogP) is 2.39. The number of carbonyl (C=O) groups is 2. The second kappa shape index (κ2) is 6.45. The van der Waals surface area contributed by atoms with Crippen molar-refractivity contribution in [2.75, 3.05) is 7.11 Å². The largest absolute Gasteiger partial charge is 0.464 e. The van der Waals surface area contributed by atoms with Gasteiger partial charge in [-0.3, -0.25) is 4.79 Å².